The van der Waals surface area contributed by atoms with Crippen molar-refractivity contribution in [3.63, 3.8) is 0 Å². The Bertz CT molecular complexity index is 1140. The number of H-pyrrole nitrogens is 2. The molecule has 7 nitrogen and oxygen atoms in total. The molecule has 3 aromatic heterocycles. The number of fused-ring (bicyclic) bond motifs is 1. The van der Waals surface area contributed by atoms with Crippen LogP contribution >= 0.6 is 0 Å². The molecule has 0 aliphatic carbocycles. The molecule has 0 aliphatic rings. The quantitative estimate of drug-likeness (QED) is 0.536. The van der Waals surface area contributed by atoms with Crippen LogP contribution in [0.4, 0.5) is 0 Å². The lowest BCUT2D eigenvalue weighted by Crippen LogP contribution is -2.04. The summed E-state index contributed by atoms with van der Waals surface area (Å²) in [4.78, 5) is 17.0. The van der Waals surface area contributed by atoms with Gasteiger partial charge in [-0.3, -0.25) is 14.3 Å². The van der Waals surface area contributed by atoms with Gasteiger partial charge in [0.15, 0.2) is 11.5 Å². The zero-order chi connectivity index (χ0) is 17.6. The molecule has 4 aromatic rings. The molecule has 126 valence electrons. The van der Waals surface area contributed by atoms with Gasteiger partial charge in [0.1, 0.15) is 5.65 Å². The molecule has 25 heavy (non-hydrogen) atoms. The molecule has 0 saturated heterocycles. The van der Waals surface area contributed by atoms with Gasteiger partial charge in [-0.1, -0.05) is 6.07 Å². The van der Waals surface area contributed by atoms with Gasteiger partial charge < -0.3 is 14.9 Å². The maximum absolute atomic E-state index is 12.4. The van der Waals surface area contributed by atoms with Crippen LogP contribution in [-0.4, -0.2) is 31.8 Å². The first-order valence-corrected chi connectivity index (χ1v) is 7.72. The van der Waals surface area contributed by atoms with E-state index in [1.165, 1.54) is 7.11 Å². The molecule has 0 saturated carbocycles. The number of aryl methyl sites for hydroxylation is 1. The number of hydrogen-bond donors (Lipinski definition) is 3. The predicted molar refractivity (Wildman–Crippen MR) is 94.0 cm³/mol. The minimum atomic E-state index is -0.213. The Labute approximate surface area is 142 Å². The van der Waals surface area contributed by atoms with Crippen LogP contribution in [0.2, 0.25) is 0 Å². The predicted octanol–water partition coefficient (Wildman–Crippen LogP) is 2.71. The normalized spacial score (nSPS) is 11.1. The lowest BCUT2D eigenvalue weighted by atomic mass is 10.0. The molecular formula is C18H16N4O3. The van der Waals surface area contributed by atoms with Crippen molar-refractivity contribution < 1.29 is 9.84 Å². The summed E-state index contributed by atoms with van der Waals surface area (Å²) in [7, 11) is 1.49. The topological polar surface area (TPSA) is 95.4 Å². The minimum absolute atomic E-state index is 0.0484. The highest BCUT2D eigenvalue weighted by atomic mass is 16.5. The van der Waals surface area contributed by atoms with Crippen molar-refractivity contribution in [1.29, 1.82) is 0 Å². The van der Waals surface area contributed by atoms with Crippen molar-refractivity contribution in [3.8, 4) is 34.0 Å². The smallest absolute Gasteiger partial charge is 0.273 e. The van der Waals surface area contributed by atoms with Crippen LogP contribution in [0.25, 0.3) is 28.2 Å². The van der Waals surface area contributed by atoms with Crippen LogP contribution in [0.5, 0.6) is 11.5 Å². The van der Waals surface area contributed by atoms with E-state index in [0.717, 1.165) is 16.9 Å². The first-order valence-electron chi connectivity index (χ1n) is 7.72. The average molecular weight is 336 g/mol. The Morgan fingerprint density at radius 3 is 2.76 bits per heavy atom. The molecule has 7 heteroatoms. The molecule has 3 N–H and O–H groups in total. The molecule has 0 bridgehead atoms. The zero-order valence-corrected chi connectivity index (χ0v) is 13.7. The highest BCUT2D eigenvalue weighted by molar-refractivity contribution is 5.83. The SMILES string of the molecule is COc1cc(-c2nc3ccccn3c2-c2c(C)[nH][nH]c2=O)ccc1O. The third-order valence-electron chi connectivity index (χ3n) is 4.19. The summed E-state index contributed by atoms with van der Waals surface area (Å²) in [6.45, 7) is 1.83. The van der Waals surface area contributed by atoms with Crippen LogP contribution in [0.15, 0.2) is 47.4 Å². The van der Waals surface area contributed by atoms with Gasteiger partial charge in [-0.2, -0.15) is 0 Å². The van der Waals surface area contributed by atoms with E-state index in [0.29, 0.717) is 22.7 Å². The summed E-state index contributed by atoms with van der Waals surface area (Å²) in [5.41, 5.74) is 3.83. The molecular weight excluding hydrogens is 320 g/mol. The number of imidazole rings is 1. The van der Waals surface area contributed by atoms with Crippen LogP contribution in [0.3, 0.4) is 0 Å². The monoisotopic (exact) mass is 336 g/mol. The van der Waals surface area contributed by atoms with Crippen molar-refractivity contribution in [3.05, 3.63) is 58.6 Å². The summed E-state index contributed by atoms with van der Waals surface area (Å²) in [5, 5.41) is 15.3. The van der Waals surface area contributed by atoms with E-state index < -0.39 is 0 Å². The maximum atomic E-state index is 12.4. The van der Waals surface area contributed by atoms with Crippen molar-refractivity contribution in [2.45, 2.75) is 6.92 Å². The van der Waals surface area contributed by atoms with Gasteiger partial charge in [0, 0.05) is 17.5 Å². The Hall–Kier alpha value is -3.48. The largest absolute Gasteiger partial charge is 0.504 e. The maximum Gasteiger partial charge on any atom is 0.273 e. The molecule has 3 heterocycles. The fourth-order valence-electron chi connectivity index (χ4n) is 2.99. The lowest BCUT2D eigenvalue weighted by molar-refractivity contribution is 0.373. The first kappa shape index (κ1) is 15.1. The number of benzene rings is 1. The van der Waals surface area contributed by atoms with E-state index >= 15 is 0 Å². The molecule has 0 unspecified atom stereocenters. The van der Waals surface area contributed by atoms with Crippen molar-refractivity contribution in [1.82, 2.24) is 19.6 Å². The number of pyridine rings is 1. The number of phenols is 1. The second-order valence-corrected chi connectivity index (χ2v) is 5.70. The summed E-state index contributed by atoms with van der Waals surface area (Å²) >= 11 is 0. The van der Waals surface area contributed by atoms with Gasteiger partial charge in [-0.05, 0) is 37.3 Å². The van der Waals surface area contributed by atoms with E-state index in [1.807, 2.05) is 35.7 Å². The lowest BCUT2D eigenvalue weighted by Gasteiger charge is -2.07. The zero-order valence-electron chi connectivity index (χ0n) is 13.7. The number of nitrogens with one attached hydrogen (secondary N) is 2. The fourth-order valence-corrected chi connectivity index (χ4v) is 2.99. The highest BCUT2D eigenvalue weighted by Crippen LogP contribution is 2.36. The first-order chi connectivity index (χ1) is 12.1. The number of methoxy groups -OCH3 is 1. The van der Waals surface area contributed by atoms with Crippen molar-refractivity contribution in [2.24, 2.45) is 0 Å². The highest BCUT2D eigenvalue weighted by Gasteiger charge is 2.21. The number of hydrogen-bond acceptors (Lipinski definition) is 4. The third kappa shape index (κ3) is 2.28. The second-order valence-electron chi connectivity index (χ2n) is 5.70. The average Bonchev–Trinajstić information content (AvgIpc) is 3.15. The fraction of sp³-hybridized carbons (Fsp3) is 0.111. The summed E-state index contributed by atoms with van der Waals surface area (Å²) in [6.07, 6.45) is 1.87. The number of rotatable bonds is 3. The van der Waals surface area contributed by atoms with E-state index in [9.17, 15) is 9.90 Å². The van der Waals surface area contributed by atoms with Gasteiger partial charge >= 0.3 is 0 Å². The number of phenolic OH excluding ortho intramolecular Hbond substituents is 1. The van der Waals surface area contributed by atoms with Crippen molar-refractivity contribution >= 4 is 5.65 Å². The molecule has 0 spiro atoms. The van der Waals surface area contributed by atoms with Gasteiger partial charge in [0.05, 0.1) is 24.1 Å². The molecule has 0 aliphatic heterocycles. The van der Waals surface area contributed by atoms with Crippen LogP contribution in [0.1, 0.15) is 5.69 Å². The summed E-state index contributed by atoms with van der Waals surface area (Å²) in [5.74, 6) is 0.396. The number of aromatic nitrogens is 4. The Morgan fingerprint density at radius 2 is 2.04 bits per heavy atom. The van der Waals surface area contributed by atoms with E-state index in [-0.39, 0.29) is 11.3 Å². The summed E-state index contributed by atoms with van der Waals surface area (Å²) in [6, 6.07) is 10.7. The van der Waals surface area contributed by atoms with Crippen LogP contribution in [-0.2, 0) is 0 Å². The Kier molecular flexibility index (Phi) is 3.35. The van der Waals surface area contributed by atoms with Gasteiger partial charge in [0.25, 0.3) is 5.56 Å². The number of aromatic hydroxyl groups is 1. The van der Waals surface area contributed by atoms with Gasteiger partial charge in [-0.25, -0.2) is 4.98 Å². The summed E-state index contributed by atoms with van der Waals surface area (Å²) < 4.78 is 7.08. The Balaban J connectivity index is 2.08. The molecule has 4 rings (SSSR count). The molecule has 1 aromatic carbocycles. The molecule has 0 fully saturated rings. The van der Waals surface area contributed by atoms with Crippen molar-refractivity contribution in [2.75, 3.05) is 7.11 Å². The van der Waals surface area contributed by atoms with Gasteiger partial charge in [-0.15, -0.1) is 0 Å². The van der Waals surface area contributed by atoms with E-state index in [4.69, 9.17) is 4.74 Å². The van der Waals surface area contributed by atoms with E-state index in [2.05, 4.69) is 15.2 Å². The number of ether oxygens (including phenoxy) is 1. The molecule has 0 atom stereocenters. The standard InChI is InChI=1S/C18H16N4O3/c1-10-15(18(24)21-20-10)17-16(19-14-5-3-4-8-22(14)17)11-6-7-12(23)13(9-11)25-2/h3-9,23H,1-2H3,(H2,20,21,24). The van der Waals surface area contributed by atoms with E-state index in [1.54, 1.807) is 18.2 Å². The minimum Gasteiger partial charge on any atom is -0.504 e. The van der Waals surface area contributed by atoms with Gasteiger partial charge in [0.2, 0.25) is 0 Å². The number of aromatic amines is 2. The number of nitrogens with zero attached hydrogens (tertiary/aromatic N) is 2. The third-order valence-corrected chi connectivity index (χ3v) is 4.19. The Morgan fingerprint density at radius 1 is 1.20 bits per heavy atom. The molecule has 0 amide bonds. The van der Waals surface area contributed by atoms with Crippen LogP contribution in [0, 0.1) is 6.92 Å². The second kappa shape index (κ2) is 5.55. The molecule has 0 radical (unpaired) electrons. The van der Waals surface area contributed by atoms with Crippen LogP contribution < -0.4 is 10.3 Å².